The standard InChI is InChI=1S/C16H22BrNO2S/c17-15-2-1-13(9-12(15)3-6-18)20-14-4-7-19-16(10-14)5-8-21-11-16/h1-2,9,14H,3-8,10-11,18H2. The number of hydrogen-bond acceptors (Lipinski definition) is 4. The van der Waals surface area contributed by atoms with E-state index in [1.807, 2.05) is 17.8 Å². The van der Waals surface area contributed by atoms with Crippen LogP contribution in [-0.2, 0) is 11.2 Å². The summed E-state index contributed by atoms with van der Waals surface area (Å²) in [6, 6.07) is 6.21. The highest BCUT2D eigenvalue weighted by Crippen LogP contribution is 2.39. The summed E-state index contributed by atoms with van der Waals surface area (Å²) >= 11 is 5.57. The predicted molar refractivity (Wildman–Crippen MR) is 91.2 cm³/mol. The summed E-state index contributed by atoms with van der Waals surface area (Å²) < 4.78 is 13.4. The Balaban J connectivity index is 1.67. The van der Waals surface area contributed by atoms with E-state index in [1.165, 1.54) is 11.3 Å². The minimum absolute atomic E-state index is 0.0725. The van der Waals surface area contributed by atoms with Crippen LogP contribution in [0, 0.1) is 0 Å². The first-order valence-corrected chi connectivity index (χ1v) is 9.52. The van der Waals surface area contributed by atoms with Crippen LogP contribution >= 0.6 is 27.7 Å². The van der Waals surface area contributed by atoms with Gasteiger partial charge in [0, 0.05) is 23.1 Å². The van der Waals surface area contributed by atoms with Gasteiger partial charge in [-0.15, -0.1) is 0 Å². The molecule has 2 aliphatic heterocycles. The quantitative estimate of drug-likeness (QED) is 0.880. The molecule has 2 heterocycles. The van der Waals surface area contributed by atoms with Gasteiger partial charge in [0.15, 0.2) is 0 Å². The van der Waals surface area contributed by atoms with E-state index >= 15 is 0 Å². The second-order valence-corrected chi connectivity index (χ2v) is 7.82. The summed E-state index contributed by atoms with van der Waals surface area (Å²) in [4.78, 5) is 0. The Morgan fingerprint density at radius 1 is 1.48 bits per heavy atom. The molecule has 1 aromatic rings. The maximum atomic E-state index is 6.23. The topological polar surface area (TPSA) is 44.5 Å². The summed E-state index contributed by atoms with van der Waals surface area (Å²) in [5.41, 5.74) is 6.95. The lowest BCUT2D eigenvalue weighted by atomic mass is 9.91. The van der Waals surface area contributed by atoms with Crippen molar-refractivity contribution in [1.82, 2.24) is 0 Å². The highest BCUT2D eigenvalue weighted by molar-refractivity contribution is 9.10. The third-order valence-corrected chi connectivity index (χ3v) is 6.25. The second-order valence-electron chi connectivity index (χ2n) is 5.86. The third-order valence-electron chi connectivity index (χ3n) is 4.25. The lowest BCUT2D eigenvalue weighted by Crippen LogP contribution is -2.43. The Labute approximate surface area is 139 Å². The first-order valence-electron chi connectivity index (χ1n) is 7.58. The van der Waals surface area contributed by atoms with Crippen LogP contribution in [-0.4, -0.2) is 36.4 Å². The molecule has 2 unspecified atom stereocenters. The molecule has 0 saturated carbocycles. The van der Waals surface area contributed by atoms with Crippen LogP contribution in [0.3, 0.4) is 0 Å². The van der Waals surface area contributed by atoms with E-state index in [9.17, 15) is 0 Å². The van der Waals surface area contributed by atoms with E-state index < -0.39 is 0 Å². The van der Waals surface area contributed by atoms with Gasteiger partial charge < -0.3 is 15.2 Å². The van der Waals surface area contributed by atoms with Gasteiger partial charge in [-0.2, -0.15) is 11.8 Å². The van der Waals surface area contributed by atoms with Crippen molar-refractivity contribution < 1.29 is 9.47 Å². The zero-order valence-corrected chi connectivity index (χ0v) is 14.5. The van der Waals surface area contributed by atoms with Gasteiger partial charge in [0.2, 0.25) is 0 Å². The van der Waals surface area contributed by atoms with E-state index in [0.29, 0.717) is 6.54 Å². The number of thioether (sulfide) groups is 1. The molecule has 2 saturated heterocycles. The van der Waals surface area contributed by atoms with Gasteiger partial charge in [-0.1, -0.05) is 15.9 Å². The van der Waals surface area contributed by atoms with Crippen LogP contribution in [0.5, 0.6) is 5.75 Å². The molecule has 1 spiro atoms. The van der Waals surface area contributed by atoms with Gasteiger partial charge >= 0.3 is 0 Å². The first kappa shape index (κ1) is 15.7. The molecule has 0 aliphatic carbocycles. The van der Waals surface area contributed by atoms with Crippen LogP contribution in [0.2, 0.25) is 0 Å². The highest BCUT2D eigenvalue weighted by Gasteiger charge is 2.41. The Bertz CT molecular complexity index is 491. The van der Waals surface area contributed by atoms with E-state index in [-0.39, 0.29) is 11.7 Å². The van der Waals surface area contributed by atoms with Crippen molar-refractivity contribution in [1.29, 1.82) is 0 Å². The van der Waals surface area contributed by atoms with Crippen LogP contribution in [0.4, 0.5) is 0 Å². The Hall–Kier alpha value is -0.230. The largest absolute Gasteiger partial charge is 0.490 e. The molecule has 116 valence electrons. The molecule has 0 amide bonds. The smallest absolute Gasteiger partial charge is 0.120 e. The van der Waals surface area contributed by atoms with Crippen LogP contribution < -0.4 is 10.5 Å². The number of rotatable bonds is 4. The average molecular weight is 372 g/mol. The number of halogens is 1. The SMILES string of the molecule is NCCc1cc(OC2CCOC3(CCSC3)C2)ccc1Br. The fourth-order valence-electron chi connectivity index (χ4n) is 3.11. The van der Waals surface area contributed by atoms with Gasteiger partial charge in [0.05, 0.1) is 12.2 Å². The summed E-state index contributed by atoms with van der Waals surface area (Å²) in [6.07, 6.45) is 4.30. The monoisotopic (exact) mass is 371 g/mol. The molecule has 3 nitrogen and oxygen atoms in total. The average Bonchev–Trinajstić information content (AvgIpc) is 2.91. The normalized spacial score (nSPS) is 29.0. The molecular weight excluding hydrogens is 350 g/mol. The maximum Gasteiger partial charge on any atom is 0.120 e. The number of hydrogen-bond donors (Lipinski definition) is 1. The highest BCUT2D eigenvalue weighted by atomic mass is 79.9. The third kappa shape index (κ3) is 3.76. The first-order chi connectivity index (χ1) is 10.2. The van der Waals surface area contributed by atoms with Gasteiger partial charge in [-0.05, 0) is 48.9 Å². The van der Waals surface area contributed by atoms with E-state index in [2.05, 4.69) is 28.1 Å². The second kappa shape index (κ2) is 6.90. The minimum Gasteiger partial charge on any atom is -0.490 e. The predicted octanol–water partition coefficient (Wildman–Crippen LogP) is 3.38. The van der Waals surface area contributed by atoms with E-state index in [1.54, 1.807) is 0 Å². The molecule has 3 rings (SSSR count). The number of nitrogens with two attached hydrogens (primary N) is 1. The van der Waals surface area contributed by atoms with Gasteiger partial charge in [-0.25, -0.2) is 0 Å². The summed E-state index contributed by atoms with van der Waals surface area (Å²) in [7, 11) is 0. The van der Waals surface area contributed by atoms with Gasteiger partial charge in [0.25, 0.3) is 0 Å². The lowest BCUT2D eigenvalue weighted by molar-refractivity contribution is -0.0959. The maximum absolute atomic E-state index is 6.23. The molecule has 0 radical (unpaired) electrons. The summed E-state index contributed by atoms with van der Waals surface area (Å²) in [5, 5.41) is 0. The zero-order valence-electron chi connectivity index (χ0n) is 12.1. The lowest BCUT2D eigenvalue weighted by Gasteiger charge is -2.37. The summed E-state index contributed by atoms with van der Waals surface area (Å²) in [6.45, 7) is 1.47. The van der Waals surface area contributed by atoms with E-state index in [4.69, 9.17) is 15.2 Å². The van der Waals surface area contributed by atoms with Gasteiger partial charge in [-0.3, -0.25) is 0 Å². The van der Waals surface area contributed by atoms with Gasteiger partial charge in [0.1, 0.15) is 11.9 Å². The van der Waals surface area contributed by atoms with Crippen molar-refractivity contribution in [2.45, 2.75) is 37.4 Å². The summed E-state index contributed by atoms with van der Waals surface area (Å²) in [5.74, 6) is 3.28. The molecule has 1 aromatic carbocycles. The molecule has 5 heteroatoms. The van der Waals surface area contributed by atoms with Crippen molar-refractivity contribution >= 4 is 27.7 Å². The molecule has 2 aliphatic rings. The van der Waals surface area contributed by atoms with Crippen LogP contribution in [0.25, 0.3) is 0 Å². The molecule has 2 atom stereocenters. The molecule has 2 fully saturated rings. The Morgan fingerprint density at radius 2 is 2.38 bits per heavy atom. The fraction of sp³-hybridized carbons (Fsp3) is 0.625. The Morgan fingerprint density at radius 3 is 3.14 bits per heavy atom. The van der Waals surface area contributed by atoms with Crippen molar-refractivity contribution in [3.8, 4) is 5.75 Å². The fourth-order valence-corrected chi connectivity index (χ4v) is 4.93. The Kier molecular flexibility index (Phi) is 5.15. The van der Waals surface area contributed by atoms with Crippen molar-refractivity contribution in [2.75, 3.05) is 24.7 Å². The molecule has 21 heavy (non-hydrogen) atoms. The molecule has 0 aromatic heterocycles. The van der Waals surface area contributed by atoms with Crippen molar-refractivity contribution in [3.63, 3.8) is 0 Å². The molecule has 0 bridgehead atoms. The zero-order chi connectivity index (χ0) is 14.7. The minimum atomic E-state index is 0.0725. The number of benzene rings is 1. The van der Waals surface area contributed by atoms with Crippen molar-refractivity contribution in [2.24, 2.45) is 5.73 Å². The number of ether oxygens (including phenoxy) is 2. The molecule has 2 N–H and O–H groups in total. The van der Waals surface area contributed by atoms with E-state index in [0.717, 1.165) is 48.3 Å². The van der Waals surface area contributed by atoms with Crippen LogP contribution in [0.1, 0.15) is 24.8 Å². The molecular formula is C16H22BrNO2S. The van der Waals surface area contributed by atoms with Crippen LogP contribution in [0.15, 0.2) is 22.7 Å². The van der Waals surface area contributed by atoms with Crippen molar-refractivity contribution in [3.05, 3.63) is 28.2 Å².